The van der Waals surface area contributed by atoms with Gasteiger partial charge in [0, 0.05) is 48.6 Å². The summed E-state index contributed by atoms with van der Waals surface area (Å²) in [5, 5.41) is 13.1. The van der Waals surface area contributed by atoms with E-state index in [1.807, 2.05) is 13.0 Å². The molecule has 1 aliphatic heterocycles. The average Bonchev–Trinajstić information content (AvgIpc) is 3.43. The van der Waals surface area contributed by atoms with Crippen LogP contribution in [0.15, 0.2) is 78.0 Å². The summed E-state index contributed by atoms with van der Waals surface area (Å²) >= 11 is 0. The third kappa shape index (κ3) is 5.82. The first kappa shape index (κ1) is 30.4. The van der Waals surface area contributed by atoms with Crippen LogP contribution in [0.2, 0.25) is 0 Å². The van der Waals surface area contributed by atoms with Gasteiger partial charge in [0.2, 0.25) is 0 Å². The first-order valence-electron chi connectivity index (χ1n) is 14.7. The van der Waals surface area contributed by atoms with E-state index < -0.39 is 16.1 Å². The number of hydrogen-bond donors (Lipinski definition) is 2. The van der Waals surface area contributed by atoms with Crippen molar-refractivity contribution in [3.05, 3.63) is 95.3 Å². The van der Waals surface area contributed by atoms with Crippen LogP contribution in [0.25, 0.3) is 33.5 Å². The fraction of sp³-hybridized carbons (Fsp3) is 0.265. The number of likely N-dealkylation sites (N-methyl/N-ethyl adjacent to an activating group) is 1. The van der Waals surface area contributed by atoms with E-state index in [0.717, 1.165) is 42.0 Å². The molecule has 0 fully saturated rings. The number of fused-ring (bicyclic) bond motifs is 2. The maximum atomic E-state index is 13.9. The number of aliphatic hydroxyl groups excluding tert-OH is 1. The average molecular weight is 626 g/mol. The van der Waals surface area contributed by atoms with Gasteiger partial charge in [0.25, 0.3) is 15.9 Å². The lowest BCUT2D eigenvalue weighted by Gasteiger charge is -2.21. The highest BCUT2D eigenvalue weighted by atomic mass is 32.2. The highest BCUT2D eigenvalue weighted by Gasteiger charge is 2.25. The van der Waals surface area contributed by atoms with E-state index in [-0.39, 0.29) is 23.0 Å². The summed E-state index contributed by atoms with van der Waals surface area (Å²) in [7, 11) is -0.730. The molecule has 0 bridgehead atoms. The topological polar surface area (TPSA) is 127 Å². The molecule has 6 rings (SSSR count). The van der Waals surface area contributed by atoms with Crippen LogP contribution < -0.4 is 10.1 Å². The number of carbonyl (C=O) groups is 1. The third-order valence-electron chi connectivity index (χ3n) is 8.06. The summed E-state index contributed by atoms with van der Waals surface area (Å²) in [5.41, 5.74) is 6.92. The Morgan fingerprint density at radius 3 is 2.53 bits per heavy atom. The molecule has 0 unspecified atom stereocenters. The normalized spacial score (nSPS) is 13.8. The van der Waals surface area contributed by atoms with E-state index in [4.69, 9.17) is 9.72 Å². The number of aliphatic hydroxyl groups is 1. The van der Waals surface area contributed by atoms with Gasteiger partial charge in [-0.1, -0.05) is 29.8 Å². The summed E-state index contributed by atoms with van der Waals surface area (Å²) in [5.74, 6) is 0.530. The fourth-order valence-electron chi connectivity index (χ4n) is 5.71. The van der Waals surface area contributed by atoms with E-state index in [9.17, 15) is 18.3 Å². The molecule has 5 aromatic rings. The highest BCUT2D eigenvalue weighted by molar-refractivity contribution is 7.90. The quantitative estimate of drug-likeness (QED) is 0.260. The molecule has 232 valence electrons. The van der Waals surface area contributed by atoms with Gasteiger partial charge in [-0.2, -0.15) is 0 Å². The molecule has 0 spiro atoms. The van der Waals surface area contributed by atoms with Crippen molar-refractivity contribution in [3.63, 3.8) is 0 Å². The third-order valence-corrected chi connectivity index (χ3v) is 9.72. The monoisotopic (exact) mass is 625 g/mol. The molecular weight excluding hydrogens is 590 g/mol. The molecule has 0 radical (unpaired) electrons. The van der Waals surface area contributed by atoms with Crippen LogP contribution in [-0.2, 0) is 23.0 Å². The van der Waals surface area contributed by atoms with Crippen LogP contribution in [-0.4, -0.2) is 71.6 Å². The summed E-state index contributed by atoms with van der Waals surface area (Å²) in [4.78, 5) is 24.1. The summed E-state index contributed by atoms with van der Waals surface area (Å²) < 4.78 is 34.7. The van der Waals surface area contributed by atoms with E-state index in [1.165, 1.54) is 14.4 Å². The number of nitrogens with one attached hydrogen (secondary N) is 1. The van der Waals surface area contributed by atoms with E-state index in [2.05, 4.69) is 16.4 Å². The zero-order chi connectivity index (χ0) is 31.9. The smallest absolute Gasteiger partial charge is 0.269 e. The summed E-state index contributed by atoms with van der Waals surface area (Å²) in [6.07, 6.45) is 3.33. The van der Waals surface area contributed by atoms with Gasteiger partial charge in [-0.15, -0.1) is 0 Å². The lowest BCUT2D eigenvalue weighted by molar-refractivity contribution is 0.0703. The van der Waals surface area contributed by atoms with Gasteiger partial charge in [0.15, 0.2) is 5.65 Å². The number of ether oxygens (including phenoxy) is 1. The number of nitrogens with zero attached hydrogens (tertiary/aromatic N) is 4. The predicted molar refractivity (Wildman–Crippen MR) is 173 cm³/mol. The van der Waals surface area contributed by atoms with Crippen molar-refractivity contribution in [3.8, 4) is 28.1 Å². The van der Waals surface area contributed by atoms with Crippen LogP contribution in [0.5, 0.6) is 5.75 Å². The molecule has 1 aliphatic rings. The van der Waals surface area contributed by atoms with Gasteiger partial charge in [-0.25, -0.2) is 22.4 Å². The van der Waals surface area contributed by atoms with Crippen LogP contribution in [0.4, 0.5) is 0 Å². The van der Waals surface area contributed by atoms with E-state index in [1.54, 1.807) is 82.0 Å². The number of benzene rings is 3. The standard InChI is InChI=1S/C34H35N5O5S/c1-21-5-11-27(12-6-21)45(42,43)39-20-29(23-7-9-24(10-8-23)34(41)38(3)19-22(2)40)32-33(39)36-18-30(37-32)26-15-25-13-14-35-17-28(25)31(16-26)44-4/h5-12,15-16,18,20,22,35,40H,13-14,17,19H2,1-4H3/t22-/m1/s1. The van der Waals surface area contributed by atoms with Gasteiger partial charge in [0.1, 0.15) is 11.3 Å². The lowest BCUT2D eigenvalue weighted by Crippen LogP contribution is -2.32. The van der Waals surface area contributed by atoms with E-state index >= 15 is 0 Å². The van der Waals surface area contributed by atoms with Crippen LogP contribution in [0.3, 0.4) is 0 Å². The first-order valence-corrected chi connectivity index (χ1v) is 16.2. The lowest BCUT2D eigenvalue weighted by atomic mass is 9.96. The van der Waals surface area contributed by atoms with Crippen LogP contribution in [0.1, 0.15) is 34.0 Å². The second-order valence-corrected chi connectivity index (χ2v) is 13.3. The molecule has 45 heavy (non-hydrogen) atoms. The molecule has 3 heterocycles. The Hall–Kier alpha value is -4.58. The molecule has 0 saturated heterocycles. The Morgan fingerprint density at radius 2 is 1.84 bits per heavy atom. The van der Waals surface area contributed by atoms with Crippen molar-refractivity contribution >= 4 is 27.1 Å². The Bertz CT molecular complexity index is 1980. The number of aryl methyl sites for hydroxylation is 1. The Kier molecular flexibility index (Phi) is 8.17. The Morgan fingerprint density at radius 1 is 1.11 bits per heavy atom. The summed E-state index contributed by atoms with van der Waals surface area (Å²) in [6, 6.07) is 17.6. The fourth-order valence-corrected chi connectivity index (χ4v) is 7.02. The van der Waals surface area contributed by atoms with Crippen molar-refractivity contribution in [1.29, 1.82) is 0 Å². The number of aromatic nitrogens is 3. The molecule has 2 aromatic heterocycles. The molecule has 3 aromatic carbocycles. The maximum Gasteiger partial charge on any atom is 0.269 e. The van der Waals surface area contributed by atoms with Gasteiger partial charge in [-0.3, -0.25) is 4.79 Å². The van der Waals surface area contributed by atoms with Crippen LogP contribution in [0, 0.1) is 6.92 Å². The number of methoxy groups -OCH3 is 1. The zero-order valence-electron chi connectivity index (χ0n) is 25.6. The second-order valence-electron chi connectivity index (χ2n) is 11.4. The second kappa shape index (κ2) is 12.1. The first-order chi connectivity index (χ1) is 21.6. The minimum atomic E-state index is -4.01. The zero-order valence-corrected chi connectivity index (χ0v) is 26.4. The predicted octanol–water partition coefficient (Wildman–Crippen LogP) is 4.42. The van der Waals surface area contributed by atoms with Crippen molar-refractivity contribution in [1.82, 2.24) is 24.2 Å². The molecular formula is C34H35N5O5S. The van der Waals surface area contributed by atoms with E-state index in [0.29, 0.717) is 27.9 Å². The van der Waals surface area contributed by atoms with Crippen molar-refractivity contribution in [2.75, 3.05) is 27.2 Å². The number of amides is 1. The highest BCUT2D eigenvalue weighted by Crippen LogP contribution is 2.35. The van der Waals surface area contributed by atoms with Crippen LogP contribution >= 0.6 is 0 Å². The SMILES string of the molecule is COc1cc(-c2cnc3c(n2)c(-c2ccc(C(=O)N(C)C[C@@H](C)O)cc2)cn3S(=O)(=O)c2ccc(C)cc2)cc2c1CNCC2. The Labute approximate surface area is 262 Å². The minimum Gasteiger partial charge on any atom is -0.496 e. The molecule has 1 atom stereocenters. The molecule has 2 N–H and O–H groups in total. The number of hydrogen-bond acceptors (Lipinski definition) is 8. The number of rotatable bonds is 8. The molecule has 0 aliphatic carbocycles. The van der Waals surface area contributed by atoms with Crippen molar-refractivity contribution < 1.29 is 23.1 Å². The van der Waals surface area contributed by atoms with Gasteiger partial charge in [0.05, 0.1) is 30.0 Å². The largest absolute Gasteiger partial charge is 0.496 e. The Balaban J connectivity index is 1.50. The van der Waals surface area contributed by atoms with Gasteiger partial charge < -0.3 is 20.1 Å². The van der Waals surface area contributed by atoms with Gasteiger partial charge >= 0.3 is 0 Å². The summed E-state index contributed by atoms with van der Waals surface area (Å²) in [6.45, 7) is 5.31. The number of carbonyl (C=O) groups excluding carboxylic acids is 1. The molecule has 11 heteroatoms. The van der Waals surface area contributed by atoms with Crippen molar-refractivity contribution in [2.24, 2.45) is 0 Å². The van der Waals surface area contributed by atoms with Gasteiger partial charge in [-0.05, 0) is 74.3 Å². The maximum absolute atomic E-state index is 13.9. The molecule has 10 nitrogen and oxygen atoms in total. The molecule has 0 saturated carbocycles. The molecule has 1 amide bonds. The van der Waals surface area contributed by atoms with Crippen molar-refractivity contribution in [2.45, 2.75) is 37.8 Å². The minimum absolute atomic E-state index is 0.137.